The Balaban J connectivity index is 1.44. The van der Waals surface area contributed by atoms with Gasteiger partial charge in [0.1, 0.15) is 6.07 Å². The fourth-order valence-electron chi connectivity index (χ4n) is 3.16. The summed E-state index contributed by atoms with van der Waals surface area (Å²) in [7, 11) is 0. The van der Waals surface area contributed by atoms with Crippen LogP contribution in [0.4, 0.5) is 5.69 Å². The Bertz CT molecular complexity index is 1290. The monoisotopic (exact) mass is 474 g/mol. The van der Waals surface area contributed by atoms with Gasteiger partial charge in [-0.3, -0.25) is 14.3 Å². The minimum absolute atomic E-state index is 0.147. The van der Waals surface area contributed by atoms with Crippen molar-refractivity contribution in [2.24, 2.45) is 0 Å². The number of carbonyl (C=O) groups excluding carboxylic acids is 1. The lowest BCUT2D eigenvalue weighted by Crippen LogP contribution is -2.12. The van der Waals surface area contributed by atoms with Gasteiger partial charge < -0.3 is 5.32 Å². The Kier molecular flexibility index (Phi) is 7.35. The number of nitriles is 1. The average molecular weight is 475 g/mol. The van der Waals surface area contributed by atoms with Crippen molar-refractivity contribution < 1.29 is 4.79 Å². The molecule has 2 aromatic heterocycles. The van der Waals surface area contributed by atoms with Crippen molar-refractivity contribution >= 4 is 35.0 Å². The molecule has 2 aromatic carbocycles. The molecule has 9 heteroatoms. The third-order valence-corrected chi connectivity index (χ3v) is 6.05. The topological polar surface area (TPSA) is 96.5 Å². The third-order valence-electron chi connectivity index (χ3n) is 4.77. The molecule has 1 N–H and O–H groups in total. The number of carbonyl (C=O) groups is 1. The smallest absolute Gasteiger partial charge is 0.225 e. The minimum Gasteiger partial charge on any atom is -0.326 e. The summed E-state index contributed by atoms with van der Waals surface area (Å²) in [5, 5.41) is 21.6. The van der Waals surface area contributed by atoms with Gasteiger partial charge in [-0.15, -0.1) is 10.2 Å². The molecule has 0 spiro atoms. The summed E-state index contributed by atoms with van der Waals surface area (Å²) in [6.45, 7) is 0.615. The van der Waals surface area contributed by atoms with Gasteiger partial charge in [0.05, 0.1) is 17.1 Å². The highest BCUT2D eigenvalue weighted by Gasteiger charge is 2.15. The first kappa shape index (κ1) is 22.5. The summed E-state index contributed by atoms with van der Waals surface area (Å²) < 4.78 is 2.05. The van der Waals surface area contributed by atoms with Gasteiger partial charge in [0, 0.05) is 35.8 Å². The van der Waals surface area contributed by atoms with E-state index < -0.39 is 0 Å². The number of pyridine rings is 1. The van der Waals surface area contributed by atoms with E-state index in [1.54, 1.807) is 30.6 Å². The van der Waals surface area contributed by atoms with E-state index in [2.05, 4.69) is 32.6 Å². The van der Waals surface area contributed by atoms with Crippen molar-refractivity contribution in [1.82, 2.24) is 19.7 Å². The zero-order chi connectivity index (χ0) is 23.0. The van der Waals surface area contributed by atoms with Gasteiger partial charge >= 0.3 is 0 Å². The van der Waals surface area contributed by atoms with Gasteiger partial charge in [0.2, 0.25) is 5.91 Å². The first-order valence-corrected chi connectivity index (χ1v) is 11.5. The fourth-order valence-corrected chi connectivity index (χ4v) is 4.26. The van der Waals surface area contributed by atoms with E-state index in [0.29, 0.717) is 28.6 Å². The first-order chi connectivity index (χ1) is 16.1. The Hall–Kier alpha value is -3.67. The largest absolute Gasteiger partial charge is 0.326 e. The lowest BCUT2D eigenvalue weighted by Gasteiger charge is -2.11. The third kappa shape index (κ3) is 5.77. The van der Waals surface area contributed by atoms with Crippen molar-refractivity contribution in [1.29, 1.82) is 5.26 Å². The summed E-state index contributed by atoms with van der Waals surface area (Å²) in [6.07, 6.45) is 3.73. The maximum absolute atomic E-state index is 12.4. The van der Waals surface area contributed by atoms with E-state index in [4.69, 9.17) is 16.9 Å². The Morgan fingerprint density at radius 1 is 1.09 bits per heavy atom. The van der Waals surface area contributed by atoms with E-state index >= 15 is 0 Å². The molecule has 0 aliphatic rings. The molecule has 0 aliphatic heterocycles. The molecule has 4 aromatic rings. The van der Waals surface area contributed by atoms with Crippen molar-refractivity contribution in [3.8, 4) is 17.5 Å². The highest BCUT2D eigenvalue weighted by atomic mass is 35.5. The summed E-state index contributed by atoms with van der Waals surface area (Å²) >= 11 is 7.51. The second-order valence-electron chi connectivity index (χ2n) is 7.07. The summed E-state index contributed by atoms with van der Waals surface area (Å²) in [5.74, 6) is 1.13. The maximum atomic E-state index is 12.4. The van der Waals surface area contributed by atoms with Crippen LogP contribution in [0.25, 0.3) is 11.4 Å². The number of hydrogen-bond donors (Lipinski definition) is 1. The van der Waals surface area contributed by atoms with Crippen molar-refractivity contribution in [2.45, 2.75) is 18.1 Å². The minimum atomic E-state index is -0.147. The fraction of sp³-hybridized carbons (Fsp3) is 0.125. The molecule has 4 rings (SSSR count). The molecule has 7 nitrogen and oxygen atoms in total. The van der Waals surface area contributed by atoms with Gasteiger partial charge in [-0.05, 0) is 35.9 Å². The van der Waals surface area contributed by atoms with Crippen LogP contribution in [0.1, 0.15) is 17.5 Å². The molecule has 0 saturated heterocycles. The highest BCUT2D eigenvalue weighted by molar-refractivity contribution is 7.99. The number of amides is 1. The second-order valence-corrected chi connectivity index (χ2v) is 8.54. The van der Waals surface area contributed by atoms with Crippen LogP contribution in [0.2, 0.25) is 5.02 Å². The quantitative estimate of drug-likeness (QED) is 0.359. The van der Waals surface area contributed by atoms with Crippen LogP contribution in [0, 0.1) is 11.3 Å². The van der Waals surface area contributed by atoms with Gasteiger partial charge in [0.25, 0.3) is 0 Å². The molecule has 0 unspecified atom stereocenters. The standard InChI is InChI=1S/C24H19ClN6OS/c25-21-14-20(7-6-19(21)15-26)28-22(32)10-13-33-24-30-29-23(18-8-11-27-12-9-18)31(24)16-17-4-2-1-3-5-17/h1-9,11-12,14H,10,13,16H2,(H,28,32). The zero-order valence-corrected chi connectivity index (χ0v) is 19.1. The number of aromatic nitrogens is 4. The van der Waals surface area contributed by atoms with E-state index in [0.717, 1.165) is 22.1 Å². The van der Waals surface area contributed by atoms with E-state index in [1.807, 2.05) is 41.0 Å². The van der Waals surface area contributed by atoms with Crippen LogP contribution in [0.15, 0.2) is 78.2 Å². The Labute approximate surface area is 200 Å². The van der Waals surface area contributed by atoms with Gasteiger partial charge in [0.15, 0.2) is 11.0 Å². The predicted octanol–water partition coefficient (Wildman–Crippen LogP) is 5.03. The summed E-state index contributed by atoms with van der Waals surface area (Å²) in [6, 6.07) is 20.7. The lowest BCUT2D eigenvalue weighted by molar-refractivity contribution is -0.115. The van der Waals surface area contributed by atoms with E-state index in [9.17, 15) is 4.79 Å². The molecule has 1 amide bonds. The number of thioether (sulfide) groups is 1. The highest BCUT2D eigenvalue weighted by Crippen LogP contribution is 2.26. The number of nitrogens with one attached hydrogen (secondary N) is 1. The molecule has 0 atom stereocenters. The van der Waals surface area contributed by atoms with Crippen molar-refractivity contribution in [3.63, 3.8) is 0 Å². The van der Waals surface area contributed by atoms with Crippen LogP contribution < -0.4 is 5.32 Å². The van der Waals surface area contributed by atoms with Crippen LogP contribution >= 0.6 is 23.4 Å². The zero-order valence-electron chi connectivity index (χ0n) is 17.5. The van der Waals surface area contributed by atoms with Crippen LogP contribution in [-0.4, -0.2) is 31.4 Å². The van der Waals surface area contributed by atoms with Crippen LogP contribution in [0.3, 0.4) is 0 Å². The number of hydrogen-bond acceptors (Lipinski definition) is 6. The Morgan fingerprint density at radius 3 is 2.61 bits per heavy atom. The lowest BCUT2D eigenvalue weighted by atomic mass is 10.2. The number of halogens is 1. The van der Waals surface area contributed by atoms with Crippen LogP contribution in [0.5, 0.6) is 0 Å². The van der Waals surface area contributed by atoms with Gasteiger partial charge in [-0.1, -0.05) is 53.7 Å². The predicted molar refractivity (Wildman–Crippen MR) is 129 cm³/mol. The molecular weight excluding hydrogens is 456 g/mol. The summed E-state index contributed by atoms with van der Waals surface area (Å²) in [5.41, 5.74) is 2.98. The average Bonchev–Trinajstić information content (AvgIpc) is 3.22. The molecule has 0 aliphatic carbocycles. The van der Waals surface area contributed by atoms with Gasteiger partial charge in [-0.2, -0.15) is 5.26 Å². The number of anilines is 1. The van der Waals surface area contributed by atoms with E-state index in [-0.39, 0.29) is 12.3 Å². The number of rotatable bonds is 8. The SMILES string of the molecule is N#Cc1ccc(NC(=O)CCSc2nnc(-c3ccncc3)n2Cc2ccccc2)cc1Cl. The van der Waals surface area contributed by atoms with Crippen molar-refractivity contribution in [2.75, 3.05) is 11.1 Å². The first-order valence-electron chi connectivity index (χ1n) is 10.1. The molecule has 33 heavy (non-hydrogen) atoms. The van der Waals surface area contributed by atoms with Crippen molar-refractivity contribution in [3.05, 3.63) is 89.2 Å². The normalized spacial score (nSPS) is 10.5. The second kappa shape index (κ2) is 10.8. The molecule has 0 bridgehead atoms. The number of nitrogens with zero attached hydrogens (tertiary/aromatic N) is 5. The van der Waals surface area contributed by atoms with Gasteiger partial charge in [-0.25, -0.2) is 0 Å². The molecule has 0 saturated carbocycles. The summed E-state index contributed by atoms with van der Waals surface area (Å²) in [4.78, 5) is 16.5. The molecule has 164 valence electrons. The molecule has 0 radical (unpaired) electrons. The van der Waals surface area contributed by atoms with E-state index in [1.165, 1.54) is 11.8 Å². The number of benzene rings is 2. The molecule has 0 fully saturated rings. The molecular formula is C24H19ClN6OS. The maximum Gasteiger partial charge on any atom is 0.225 e. The molecule has 2 heterocycles. The Morgan fingerprint density at radius 2 is 1.88 bits per heavy atom. The van der Waals surface area contributed by atoms with Crippen LogP contribution in [-0.2, 0) is 11.3 Å².